The van der Waals surface area contributed by atoms with Gasteiger partial charge in [0.1, 0.15) is 0 Å². The molecular formula is C23H28N4O3. The number of ether oxygens (including phenoxy) is 1. The van der Waals surface area contributed by atoms with Crippen LogP contribution in [0.25, 0.3) is 0 Å². The Morgan fingerprint density at radius 2 is 1.63 bits per heavy atom. The molecule has 4 rings (SSSR count). The minimum absolute atomic E-state index is 0.0343. The van der Waals surface area contributed by atoms with Crippen LogP contribution in [0.1, 0.15) is 12.8 Å². The summed E-state index contributed by atoms with van der Waals surface area (Å²) in [5.74, 6) is -0.258. The van der Waals surface area contributed by atoms with Gasteiger partial charge >= 0.3 is 6.03 Å². The normalized spacial score (nSPS) is 19.3. The van der Waals surface area contributed by atoms with E-state index in [1.54, 1.807) is 4.90 Å². The van der Waals surface area contributed by atoms with Crippen molar-refractivity contribution < 1.29 is 14.3 Å². The third-order valence-corrected chi connectivity index (χ3v) is 5.62. The van der Waals surface area contributed by atoms with Crippen molar-refractivity contribution in [1.82, 2.24) is 4.90 Å². The lowest BCUT2D eigenvalue weighted by Crippen LogP contribution is -2.45. The minimum atomic E-state index is -0.224. The third kappa shape index (κ3) is 4.91. The second-order valence-corrected chi connectivity index (χ2v) is 7.69. The summed E-state index contributed by atoms with van der Waals surface area (Å²) in [5.41, 5.74) is 2.59. The van der Waals surface area contributed by atoms with Crippen LogP contribution in [0.15, 0.2) is 54.6 Å². The fraction of sp³-hybridized carbons (Fsp3) is 0.391. The second-order valence-electron chi connectivity index (χ2n) is 7.69. The molecule has 0 spiro atoms. The van der Waals surface area contributed by atoms with Gasteiger partial charge in [-0.15, -0.1) is 0 Å². The molecule has 2 aliphatic rings. The molecule has 0 aliphatic carbocycles. The molecule has 0 radical (unpaired) electrons. The fourth-order valence-corrected chi connectivity index (χ4v) is 3.99. The molecule has 1 atom stereocenters. The summed E-state index contributed by atoms with van der Waals surface area (Å²) >= 11 is 0. The first-order valence-corrected chi connectivity index (χ1v) is 10.5. The van der Waals surface area contributed by atoms with E-state index in [1.165, 1.54) is 0 Å². The molecule has 3 amide bonds. The summed E-state index contributed by atoms with van der Waals surface area (Å²) < 4.78 is 5.44. The Balaban J connectivity index is 1.38. The second kappa shape index (κ2) is 9.63. The molecule has 2 fully saturated rings. The summed E-state index contributed by atoms with van der Waals surface area (Å²) in [6.45, 7) is 4.08. The number of likely N-dealkylation sites (tertiary alicyclic amines) is 1. The molecular weight excluding hydrogens is 380 g/mol. The van der Waals surface area contributed by atoms with Gasteiger partial charge in [-0.25, -0.2) is 4.79 Å². The highest BCUT2D eigenvalue weighted by molar-refractivity contribution is 5.97. The van der Waals surface area contributed by atoms with Crippen molar-refractivity contribution in [3.05, 3.63) is 54.6 Å². The lowest BCUT2D eigenvalue weighted by Gasteiger charge is -2.33. The van der Waals surface area contributed by atoms with E-state index in [2.05, 4.69) is 15.5 Å². The van der Waals surface area contributed by atoms with Gasteiger partial charge in [-0.05, 0) is 37.1 Å². The Morgan fingerprint density at radius 1 is 0.900 bits per heavy atom. The first-order chi connectivity index (χ1) is 14.7. The van der Waals surface area contributed by atoms with Gasteiger partial charge in [-0.2, -0.15) is 0 Å². The van der Waals surface area contributed by atoms with E-state index in [-0.39, 0.29) is 17.9 Å². The number of urea groups is 1. The largest absolute Gasteiger partial charge is 0.378 e. The molecule has 2 aromatic rings. The maximum absolute atomic E-state index is 13.0. The number of nitrogens with one attached hydrogen (secondary N) is 2. The summed E-state index contributed by atoms with van der Waals surface area (Å²) in [6.07, 6.45) is 1.59. The van der Waals surface area contributed by atoms with Crippen molar-refractivity contribution in [1.29, 1.82) is 0 Å². The van der Waals surface area contributed by atoms with Crippen LogP contribution < -0.4 is 15.5 Å². The number of hydrogen-bond acceptors (Lipinski definition) is 4. The Morgan fingerprint density at radius 3 is 2.43 bits per heavy atom. The number of amides is 3. The van der Waals surface area contributed by atoms with Crippen LogP contribution in [-0.4, -0.2) is 56.2 Å². The number of carbonyl (C=O) groups excluding carboxylic acids is 2. The lowest BCUT2D eigenvalue weighted by atomic mass is 9.97. The summed E-state index contributed by atoms with van der Waals surface area (Å²) in [6, 6.07) is 17.1. The van der Waals surface area contributed by atoms with Gasteiger partial charge in [0.25, 0.3) is 0 Å². The molecule has 2 heterocycles. The van der Waals surface area contributed by atoms with Crippen molar-refractivity contribution in [3.63, 3.8) is 0 Å². The summed E-state index contributed by atoms with van der Waals surface area (Å²) in [7, 11) is 0. The van der Waals surface area contributed by atoms with Gasteiger partial charge in [0.05, 0.1) is 30.5 Å². The predicted octanol–water partition coefficient (Wildman–Crippen LogP) is 3.41. The van der Waals surface area contributed by atoms with Crippen LogP contribution in [0.3, 0.4) is 0 Å². The van der Waals surface area contributed by atoms with Crippen molar-refractivity contribution in [2.24, 2.45) is 5.92 Å². The van der Waals surface area contributed by atoms with Gasteiger partial charge < -0.3 is 25.2 Å². The number of nitrogens with zero attached hydrogens (tertiary/aromatic N) is 2. The average Bonchev–Trinajstić information content (AvgIpc) is 2.81. The van der Waals surface area contributed by atoms with Crippen LogP contribution in [0, 0.1) is 5.92 Å². The lowest BCUT2D eigenvalue weighted by molar-refractivity contribution is -0.121. The van der Waals surface area contributed by atoms with Crippen LogP contribution in [0.5, 0.6) is 0 Å². The van der Waals surface area contributed by atoms with Crippen LogP contribution in [0.2, 0.25) is 0 Å². The Hall–Kier alpha value is -3.06. The van der Waals surface area contributed by atoms with Gasteiger partial charge in [-0.3, -0.25) is 4.79 Å². The van der Waals surface area contributed by atoms with E-state index in [1.807, 2.05) is 54.6 Å². The molecule has 158 valence electrons. The zero-order chi connectivity index (χ0) is 20.8. The topological polar surface area (TPSA) is 73.9 Å². The van der Waals surface area contributed by atoms with Crippen molar-refractivity contribution in [2.75, 3.05) is 54.9 Å². The number of morpholine rings is 1. The summed E-state index contributed by atoms with van der Waals surface area (Å²) in [4.78, 5) is 29.6. The molecule has 0 bridgehead atoms. The first-order valence-electron chi connectivity index (χ1n) is 10.5. The first kappa shape index (κ1) is 20.2. The molecule has 30 heavy (non-hydrogen) atoms. The molecule has 0 unspecified atom stereocenters. The maximum Gasteiger partial charge on any atom is 0.321 e. The number of benzene rings is 2. The molecule has 2 aliphatic heterocycles. The van der Waals surface area contributed by atoms with Gasteiger partial charge in [0.15, 0.2) is 0 Å². The number of para-hydroxylation sites is 3. The van der Waals surface area contributed by atoms with E-state index in [0.717, 1.165) is 43.0 Å². The number of hydrogen-bond donors (Lipinski definition) is 2. The SMILES string of the molecule is O=C(Nc1ccccc1N1CCOCC1)[C@H]1CCCN(C(=O)Nc2ccccc2)C1. The average molecular weight is 409 g/mol. The highest BCUT2D eigenvalue weighted by Crippen LogP contribution is 2.28. The minimum Gasteiger partial charge on any atom is -0.378 e. The number of rotatable bonds is 4. The summed E-state index contributed by atoms with van der Waals surface area (Å²) in [5, 5.41) is 6.02. The predicted molar refractivity (Wildman–Crippen MR) is 118 cm³/mol. The van der Waals surface area contributed by atoms with Gasteiger partial charge in [-0.1, -0.05) is 30.3 Å². The van der Waals surface area contributed by atoms with E-state index in [4.69, 9.17) is 4.74 Å². The van der Waals surface area contributed by atoms with E-state index < -0.39 is 0 Å². The molecule has 0 aromatic heterocycles. The number of anilines is 3. The number of piperidine rings is 1. The Kier molecular flexibility index (Phi) is 6.49. The monoisotopic (exact) mass is 408 g/mol. The quantitative estimate of drug-likeness (QED) is 0.813. The highest BCUT2D eigenvalue weighted by atomic mass is 16.5. The fourth-order valence-electron chi connectivity index (χ4n) is 3.99. The van der Waals surface area contributed by atoms with E-state index >= 15 is 0 Å². The highest BCUT2D eigenvalue weighted by Gasteiger charge is 2.29. The zero-order valence-corrected chi connectivity index (χ0v) is 17.0. The molecule has 7 heteroatoms. The van der Waals surface area contributed by atoms with E-state index in [9.17, 15) is 9.59 Å². The third-order valence-electron chi connectivity index (χ3n) is 5.62. The zero-order valence-electron chi connectivity index (χ0n) is 17.0. The van der Waals surface area contributed by atoms with Crippen molar-refractivity contribution in [3.8, 4) is 0 Å². The van der Waals surface area contributed by atoms with Crippen molar-refractivity contribution >= 4 is 29.0 Å². The van der Waals surface area contributed by atoms with Crippen LogP contribution in [0.4, 0.5) is 21.9 Å². The molecule has 7 nitrogen and oxygen atoms in total. The Bertz CT molecular complexity index is 868. The standard InChI is InChI=1S/C23H28N4O3/c28-22(25-20-10-4-5-11-21(20)26-13-15-30-16-14-26)18-7-6-12-27(17-18)23(29)24-19-8-2-1-3-9-19/h1-5,8-11,18H,6-7,12-17H2,(H,24,29)(H,25,28)/t18-/m0/s1. The molecule has 0 saturated carbocycles. The smallest absolute Gasteiger partial charge is 0.321 e. The number of carbonyl (C=O) groups is 2. The van der Waals surface area contributed by atoms with Crippen LogP contribution in [-0.2, 0) is 9.53 Å². The Labute approximate surface area is 177 Å². The molecule has 2 saturated heterocycles. The molecule has 2 aromatic carbocycles. The maximum atomic E-state index is 13.0. The van der Waals surface area contributed by atoms with Crippen molar-refractivity contribution in [2.45, 2.75) is 12.8 Å². The van der Waals surface area contributed by atoms with Crippen LogP contribution >= 0.6 is 0 Å². The van der Waals surface area contributed by atoms with Gasteiger partial charge in [0, 0.05) is 31.9 Å². The van der Waals surface area contributed by atoms with E-state index in [0.29, 0.717) is 26.3 Å². The molecule has 2 N–H and O–H groups in total. The van der Waals surface area contributed by atoms with Gasteiger partial charge in [0.2, 0.25) is 5.91 Å².